The molecule has 0 spiro atoms. The molecule has 5 nitrogen and oxygen atoms in total. The van der Waals surface area contributed by atoms with E-state index >= 15 is 0 Å². The zero-order valence-corrected chi connectivity index (χ0v) is 9.23. The molecule has 0 saturated heterocycles. The lowest BCUT2D eigenvalue weighted by atomic mass is 10.2. The molecule has 0 unspecified atom stereocenters. The van der Waals surface area contributed by atoms with Gasteiger partial charge in [-0.3, -0.25) is 4.57 Å². The van der Waals surface area contributed by atoms with Crippen molar-refractivity contribution in [3.63, 3.8) is 0 Å². The van der Waals surface area contributed by atoms with Crippen molar-refractivity contribution in [2.24, 2.45) is 0 Å². The lowest BCUT2D eigenvalue weighted by Gasteiger charge is -2.13. The first kappa shape index (κ1) is 11.9. The Balaban J connectivity index is 3.21. The standard InChI is InChI=1S/C9H11O5P/c1-13-15(12,14-2)8-5-3-4-7(6-8)9(10)11/h3-6H,1-2H3,(H,10,11). The van der Waals surface area contributed by atoms with Gasteiger partial charge < -0.3 is 14.2 Å². The van der Waals surface area contributed by atoms with Crippen LogP contribution in [0.5, 0.6) is 0 Å². The molecule has 0 fully saturated rings. The van der Waals surface area contributed by atoms with Crippen LogP contribution < -0.4 is 5.30 Å². The summed E-state index contributed by atoms with van der Waals surface area (Å²) in [6.07, 6.45) is 0. The monoisotopic (exact) mass is 230 g/mol. The maximum atomic E-state index is 11.9. The van der Waals surface area contributed by atoms with E-state index in [0.717, 1.165) is 0 Å². The van der Waals surface area contributed by atoms with E-state index in [9.17, 15) is 9.36 Å². The third kappa shape index (κ3) is 2.45. The summed E-state index contributed by atoms with van der Waals surface area (Å²) in [6.45, 7) is 0. The fourth-order valence-corrected chi connectivity index (χ4v) is 2.23. The molecule has 0 heterocycles. The lowest BCUT2D eigenvalue weighted by Crippen LogP contribution is -2.10. The number of aromatic carboxylic acids is 1. The molecule has 15 heavy (non-hydrogen) atoms. The maximum absolute atomic E-state index is 11.9. The van der Waals surface area contributed by atoms with Crippen LogP contribution in [0.15, 0.2) is 24.3 Å². The molecule has 0 radical (unpaired) electrons. The van der Waals surface area contributed by atoms with Crippen LogP contribution in [0.25, 0.3) is 0 Å². The molecule has 82 valence electrons. The average Bonchev–Trinajstić information content (AvgIpc) is 2.28. The van der Waals surface area contributed by atoms with Gasteiger partial charge >= 0.3 is 13.6 Å². The molecule has 0 bridgehead atoms. The number of hydrogen-bond donors (Lipinski definition) is 1. The zero-order chi connectivity index (χ0) is 11.5. The number of hydrogen-bond acceptors (Lipinski definition) is 4. The minimum Gasteiger partial charge on any atom is -0.478 e. The third-order valence-corrected chi connectivity index (χ3v) is 3.76. The summed E-state index contributed by atoms with van der Waals surface area (Å²) in [7, 11) is -0.868. The predicted molar refractivity (Wildman–Crippen MR) is 54.7 cm³/mol. The highest BCUT2D eigenvalue weighted by Crippen LogP contribution is 2.44. The Labute approximate surface area is 87.2 Å². The van der Waals surface area contributed by atoms with Crippen molar-refractivity contribution in [3.05, 3.63) is 29.8 Å². The highest BCUT2D eigenvalue weighted by atomic mass is 31.2. The van der Waals surface area contributed by atoms with Gasteiger partial charge in [-0.05, 0) is 18.2 Å². The van der Waals surface area contributed by atoms with E-state index in [1.807, 2.05) is 0 Å². The van der Waals surface area contributed by atoms with Gasteiger partial charge in [0.2, 0.25) is 0 Å². The van der Waals surface area contributed by atoms with E-state index < -0.39 is 13.6 Å². The molecule has 1 aromatic rings. The summed E-state index contributed by atoms with van der Waals surface area (Å²) in [5.41, 5.74) is 0.0434. The third-order valence-electron chi connectivity index (χ3n) is 1.89. The van der Waals surface area contributed by atoms with Crippen molar-refractivity contribution in [2.75, 3.05) is 14.2 Å². The number of rotatable bonds is 4. The van der Waals surface area contributed by atoms with E-state index in [4.69, 9.17) is 14.2 Å². The van der Waals surface area contributed by atoms with Crippen molar-refractivity contribution in [2.45, 2.75) is 0 Å². The van der Waals surface area contributed by atoms with Crippen LogP contribution in [-0.2, 0) is 13.6 Å². The molecule has 0 amide bonds. The van der Waals surface area contributed by atoms with E-state index in [-0.39, 0.29) is 10.9 Å². The molecular weight excluding hydrogens is 219 g/mol. The molecule has 1 aromatic carbocycles. The second kappa shape index (κ2) is 4.57. The number of carbonyl (C=O) groups is 1. The van der Waals surface area contributed by atoms with Crippen LogP contribution in [0.1, 0.15) is 10.4 Å². The molecule has 0 aliphatic heterocycles. The molecular formula is C9H11O5P. The molecule has 0 aromatic heterocycles. The van der Waals surface area contributed by atoms with Gasteiger partial charge in [-0.15, -0.1) is 0 Å². The second-order valence-corrected chi connectivity index (χ2v) is 4.96. The molecule has 1 rings (SSSR count). The van der Waals surface area contributed by atoms with Gasteiger partial charge in [0, 0.05) is 14.2 Å². The average molecular weight is 230 g/mol. The van der Waals surface area contributed by atoms with Crippen LogP contribution >= 0.6 is 7.60 Å². The topological polar surface area (TPSA) is 72.8 Å². The first-order valence-corrected chi connectivity index (χ1v) is 5.63. The van der Waals surface area contributed by atoms with Gasteiger partial charge in [-0.2, -0.15) is 0 Å². The summed E-state index contributed by atoms with van der Waals surface area (Å²) < 4.78 is 21.4. The van der Waals surface area contributed by atoms with Crippen molar-refractivity contribution >= 4 is 18.9 Å². The van der Waals surface area contributed by atoms with Crippen LogP contribution in [0.3, 0.4) is 0 Å². The first-order valence-electron chi connectivity index (χ1n) is 4.09. The van der Waals surface area contributed by atoms with Crippen molar-refractivity contribution in [1.29, 1.82) is 0 Å². The minimum absolute atomic E-state index is 0.0434. The Bertz CT molecular complexity index is 407. The van der Waals surface area contributed by atoms with Gasteiger partial charge in [0.05, 0.1) is 10.9 Å². The Kier molecular flexibility index (Phi) is 3.63. The Morgan fingerprint density at radius 1 is 1.33 bits per heavy atom. The summed E-state index contributed by atoms with van der Waals surface area (Å²) in [5.74, 6) is -1.09. The molecule has 1 N–H and O–H groups in total. The smallest absolute Gasteiger partial charge is 0.360 e. The van der Waals surface area contributed by atoms with Crippen molar-refractivity contribution in [3.8, 4) is 0 Å². The molecule has 0 aliphatic carbocycles. The Morgan fingerprint density at radius 2 is 1.93 bits per heavy atom. The number of carboxylic acids is 1. The summed E-state index contributed by atoms with van der Waals surface area (Å²) in [6, 6.07) is 5.67. The normalized spacial score (nSPS) is 11.3. The van der Waals surface area contributed by atoms with Crippen LogP contribution in [0.4, 0.5) is 0 Å². The van der Waals surface area contributed by atoms with Gasteiger partial charge in [0.1, 0.15) is 0 Å². The van der Waals surface area contributed by atoms with Crippen LogP contribution in [-0.4, -0.2) is 25.3 Å². The van der Waals surface area contributed by atoms with E-state index in [0.29, 0.717) is 0 Å². The van der Waals surface area contributed by atoms with Gasteiger partial charge in [0.15, 0.2) is 0 Å². The number of carboxylic acid groups (broad SMARTS) is 1. The van der Waals surface area contributed by atoms with Gasteiger partial charge in [-0.1, -0.05) is 6.07 Å². The predicted octanol–water partition coefficient (Wildman–Crippen LogP) is 1.50. The minimum atomic E-state index is -3.36. The molecule has 0 aliphatic rings. The SMILES string of the molecule is COP(=O)(OC)c1cccc(C(=O)O)c1. The van der Waals surface area contributed by atoms with E-state index in [1.165, 1.54) is 38.5 Å². The number of benzene rings is 1. The highest BCUT2D eigenvalue weighted by Gasteiger charge is 2.24. The quantitative estimate of drug-likeness (QED) is 0.793. The fraction of sp³-hybridized carbons (Fsp3) is 0.222. The largest absolute Gasteiger partial charge is 0.478 e. The summed E-state index contributed by atoms with van der Waals surface area (Å²) in [5, 5.41) is 8.98. The highest BCUT2D eigenvalue weighted by molar-refractivity contribution is 7.62. The Hall–Kier alpha value is -1.16. The molecule has 0 saturated carbocycles. The molecule has 0 atom stereocenters. The van der Waals surface area contributed by atoms with Crippen LogP contribution in [0.2, 0.25) is 0 Å². The fourth-order valence-electron chi connectivity index (χ4n) is 1.09. The molecule has 6 heteroatoms. The van der Waals surface area contributed by atoms with Gasteiger partial charge in [0.25, 0.3) is 0 Å². The lowest BCUT2D eigenvalue weighted by molar-refractivity contribution is 0.0697. The second-order valence-electron chi connectivity index (χ2n) is 2.72. The van der Waals surface area contributed by atoms with Gasteiger partial charge in [-0.25, -0.2) is 4.79 Å². The first-order chi connectivity index (χ1) is 7.03. The van der Waals surface area contributed by atoms with E-state index in [2.05, 4.69) is 0 Å². The Morgan fingerprint density at radius 3 is 2.40 bits per heavy atom. The van der Waals surface area contributed by atoms with E-state index in [1.54, 1.807) is 0 Å². The van der Waals surface area contributed by atoms with Crippen molar-refractivity contribution < 1.29 is 23.5 Å². The summed E-state index contributed by atoms with van der Waals surface area (Å²) >= 11 is 0. The zero-order valence-electron chi connectivity index (χ0n) is 8.34. The van der Waals surface area contributed by atoms with Crippen LogP contribution in [0, 0.1) is 0 Å². The summed E-state index contributed by atoms with van der Waals surface area (Å²) in [4.78, 5) is 10.7. The van der Waals surface area contributed by atoms with Crippen molar-refractivity contribution in [1.82, 2.24) is 0 Å². The maximum Gasteiger partial charge on any atom is 0.360 e.